The third-order valence-electron chi connectivity index (χ3n) is 5.43. The van der Waals surface area contributed by atoms with Crippen LogP contribution in [0.5, 0.6) is 5.75 Å². The van der Waals surface area contributed by atoms with E-state index in [2.05, 4.69) is 17.0 Å². The van der Waals surface area contributed by atoms with Crippen molar-refractivity contribution in [2.75, 3.05) is 14.1 Å². The summed E-state index contributed by atoms with van der Waals surface area (Å²) in [5.41, 5.74) is 4.07. The lowest BCUT2D eigenvalue weighted by molar-refractivity contribution is 0.0827. The maximum absolute atomic E-state index is 14.7. The summed E-state index contributed by atoms with van der Waals surface area (Å²) in [4.78, 5) is 15.5. The Hall–Kier alpha value is -3.25. The Balaban J connectivity index is 1.39. The molecule has 0 spiro atoms. The number of carbonyl (C=O) groups is 1. The Kier molecular flexibility index (Phi) is 6.00. The van der Waals surface area contributed by atoms with Gasteiger partial charge in [-0.1, -0.05) is 42.5 Å². The van der Waals surface area contributed by atoms with E-state index in [1.807, 2.05) is 12.1 Å². The van der Waals surface area contributed by atoms with Gasteiger partial charge in [0.15, 0.2) is 11.6 Å². The summed E-state index contributed by atoms with van der Waals surface area (Å²) < 4.78 is 34.8. The van der Waals surface area contributed by atoms with Gasteiger partial charge in [0.25, 0.3) is 5.91 Å². The van der Waals surface area contributed by atoms with E-state index in [9.17, 15) is 13.6 Å². The van der Waals surface area contributed by atoms with Crippen molar-refractivity contribution in [3.8, 4) is 5.75 Å². The average Bonchev–Trinajstić information content (AvgIpc) is 3.18. The molecule has 1 aliphatic rings. The Morgan fingerprint density at radius 2 is 1.58 bits per heavy atom. The number of rotatable bonds is 6. The van der Waals surface area contributed by atoms with Gasteiger partial charge in [-0.2, -0.15) is 4.39 Å². The smallest absolute Gasteiger partial charge is 0.253 e. The molecule has 0 N–H and O–H groups in total. The number of hydrogen-bond donors (Lipinski definition) is 0. The van der Waals surface area contributed by atoms with Crippen LogP contribution in [-0.2, 0) is 26.2 Å². The standard InChI is InChI=1S/C25H24F2N2O2/c1-28(2)25(30)18-9-7-17(8-10-18)16-31-22-12-11-21(23(26)24(22)27)15-29-13-19-5-3-4-6-20(19)14-29/h3-12H,13-16H2,1-2H3. The van der Waals surface area contributed by atoms with Crippen molar-refractivity contribution in [3.63, 3.8) is 0 Å². The highest BCUT2D eigenvalue weighted by molar-refractivity contribution is 5.93. The number of carbonyl (C=O) groups excluding carboxylic acids is 1. The molecule has 3 aromatic rings. The van der Waals surface area contributed by atoms with Crippen LogP contribution in [0.15, 0.2) is 60.7 Å². The molecule has 3 aromatic carbocycles. The molecule has 1 amide bonds. The van der Waals surface area contributed by atoms with Crippen molar-refractivity contribution >= 4 is 5.91 Å². The molecule has 0 saturated heterocycles. The third-order valence-corrected chi connectivity index (χ3v) is 5.43. The van der Waals surface area contributed by atoms with Gasteiger partial charge in [0.2, 0.25) is 5.82 Å². The summed E-state index contributed by atoms with van der Waals surface area (Å²) in [7, 11) is 3.37. The maximum atomic E-state index is 14.7. The predicted octanol–water partition coefficient (Wildman–Crippen LogP) is 4.76. The van der Waals surface area contributed by atoms with E-state index in [4.69, 9.17) is 4.74 Å². The van der Waals surface area contributed by atoms with E-state index in [-0.39, 0.29) is 18.3 Å². The molecule has 160 valence electrons. The largest absolute Gasteiger partial charge is 0.486 e. The van der Waals surface area contributed by atoms with Crippen molar-refractivity contribution in [1.82, 2.24) is 9.80 Å². The van der Waals surface area contributed by atoms with Gasteiger partial charge in [-0.15, -0.1) is 0 Å². The summed E-state index contributed by atoms with van der Waals surface area (Å²) in [6, 6.07) is 18.0. The second-order valence-corrected chi connectivity index (χ2v) is 7.95. The molecule has 6 heteroatoms. The minimum absolute atomic E-state index is 0.0770. The summed E-state index contributed by atoms with van der Waals surface area (Å²) in [6.07, 6.45) is 0. The van der Waals surface area contributed by atoms with E-state index in [0.29, 0.717) is 17.7 Å². The second-order valence-electron chi connectivity index (χ2n) is 7.95. The topological polar surface area (TPSA) is 32.8 Å². The van der Waals surface area contributed by atoms with Gasteiger partial charge in [-0.05, 0) is 34.9 Å². The number of benzene rings is 3. The van der Waals surface area contributed by atoms with Gasteiger partial charge >= 0.3 is 0 Å². The van der Waals surface area contributed by atoms with Gasteiger partial charge in [0, 0.05) is 44.9 Å². The monoisotopic (exact) mass is 422 g/mol. The molecule has 0 saturated carbocycles. The first-order valence-corrected chi connectivity index (χ1v) is 10.1. The van der Waals surface area contributed by atoms with E-state index in [0.717, 1.165) is 18.7 Å². The molecule has 0 aliphatic carbocycles. The minimum Gasteiger partial charge on any atom is -0.486 e. The molecule has 0 atom stereocenters. The van der Waals surface area contributed by atoms with Crippen LogP contribution in [0.1, 0.15) is 32.6 Å². The van der Waals surface area contributed by atoms with Crippen LogP contribution in [0.25, 0.3) is 0 Å². The SMILES string of the molecule is CN(C)C(=O)c1ccc(COc2ccc(CN3Cc4ccccc4C3)c(F)c2F)cc1. The van der Waals surface area contributed by atoms with Crippen LogP contribution in [0.4, 0.5) is 8.78 Å². The van der Waals surface area contributed by atoms with Gasteiger partial charge in [0.05, 0.1) is 0 Å². The van der Waals surface area contributed by atoms with E-state index in [1.165, 1.54) is 22.1 Å². The van der Waals surface area contributed by atoms with E-state index < -0.39 is 11.6 Å². The van der Waals surface area contributed by atoms with E-state index in [1.54, 1.807) is 44.4 Å². The Morgan fingerprint density at radius 1 is 0.935 bits per heavy atom. The highest BCUT2D eigenvalue weighted by Gasteiger charge is 2.21. The van der Waals surface area contributed by atoms with Crippen LogP contribution in [0.2, 0.25) is 0 Å². The van der Waals surface area contributed by atoms with Gasteiger partial charge in [-0.25, -0.2) is 4.39 Å². The predicted molar refractivity (Wildman–Crippen MR) is 115 cm³/mol. The van der Waals surface area contributed by atoms with E-state index >= 15 is 0 Å². The highest BCUT2D eigenvalue weighted by atomic mass is 19.2. The van der Waals surface area contributed by atoms with Crippen LogP contribution in [-0.4, -0.2) is 29.8 Å². The number of halogens is 2. The van der Waals surface area contributed by atoms with Gasteiger partial charge < -0.3 is 9.64 Å². The molecule has 1 heterocycles. The van der Waals surface area contributed by atoms with Crippen molar-refractivity contribution in [2.45, 2.75) is 26.2 Å². The van der Waals surface area contributed by atoms with Crippen LogP contribution < -0.4 is 4.74 Å². The fraction of sp³-hybridized carbons (Fsp3) is 0.240. The first kappa shape index (κ1) is 21.0. The zero-order chi connectivity index (χ0) is 22.0. The number of hydrogen-bond acceptors (Lipinski definition) is 3. The molecule has 1 aliphatic heterocycles. The Labute approximate surface area is 180 Å². The van der Waals surface area contributed by atoms with Crippen molar-refractivity contribution in [1.29, 1.82) is 0 Å². The Morgan fingerprint density at radius 3 is 2.19 bits per heavy atom. The molecule has 0 bridgehead atoms. The lowest BCUT2D eigenvalue weighted by atomic mass is 10.1. The van der Waals surface area contributed by atoms with Gasteiger partial charge in [-0.3, -0.25) is 9.69 Å². The molecular weight excluding hydrogens is 398 g/mol. The molecule has 4 nitrogen and oxygen atoms in total. The second kappa shape index (κ2) is 8.86. The van der Waals surface area contributed by atoms with Crippen LogP contribution >= 0.6 is 0 Å². The van der Waals surface area contributed by atoms with Crippen molar-refractivity contribution in [3.05, 3.63) is 100 Å². The molecule has 31 heavy (non-hydrogen) atoms. The zero-order valence-corrected chi connectivity index (χ0v) is 17.6. The number of fused-ring (bicyclic) bond motifs is 1. The lowest BCUT2D eigenvalue weighted by Gasteiger charge is -2.16. The maximum Gasteiger partial charge on any atom is 0.253 e. The van der Waals surface area contributed by atoms with Crippen molar-refractivity contribution < 1.29 is 18.3 Å². The molecule has 0 radical (unpaired) electrons. The van der Waals surface area contributed by atoms with Gasteiger partial charge in [0.1, 0.15) is 6.61 Å². The summed E-state index contributed by atoms with van der Waals surface area (Å²) >= 11 is 0. The molecule has 0 aromatic heterocycles. The summed E-state index contributed by atoms with van der Waals surface area (Å²) in [6.45, 7) is 1.86. The fourth-order valence-corrected chi connectivity index (χ4v) is 3.72. The summed E-state index contributed by atoms with van der Waals surface area (Å²) in [5.74, 6) is -2.08. The average molecular weight is 422 g/mol. The molecule has 4 rings (SSSR count). The third kappa shape index (κ3) is 4.59. The van der Waals surface area contributed by atoms with Crippen molar-refractivity contribution in [2.24, 2.45) is 0 Å². The summed E-state index contributed by atoms with van der Waals surface area (Å²) in [5, 5.41) is 0. The Bertz CT molecular complexity index is 1070. The lowest BCUT2D eigenvalue weighted by Crippen LogP contribution is -2.21. The quantitative estimate of drug-likeness (QED) is 0.574. The first-order valence-electron chi connectivity index (χ1n) is 10.1. The zero-order valence-electron chi connectivity index (χ0n) is 17.6. The first-order chi connectivity index (χ1) is 14.9. The normalized spacial score (nSPS) is 13.2. The van der Waals surface area contributed by atoms with Crippen LogP contribution in [0.3, 0.4) is 0 Å². The molecule has 0 fully saturated rings. The fourth-order valence-electron chi connectivity index (χ4n) is 3.72. The number of ether oxygens (including phenoxy) is 1. The molecular formula is C25H24F2N2O2. The number of amides is 1. The minimum atomic E-state index is -0.978. The van der Waals surface area contributed by atoms with Crippen LogP contribution in [0, 0.1) is 11.6 Å². The number of nitrogens with zero attached hydrogens (tertiary/aromatic N) is 2. The molecule has 0 unspecified atom stereocenters. The highest BCUT2D eigenvalue weighted by Crippen LogP contribution is 2.28.